The molecular weight excluding hydrogens is 416 g/mol. The number of allylic oxidation sites excluding steroid dienone is 12. The first kappa shape index (κ1) is 22.3. The Balaban J connectivity index is 1.73. The highest BCUT2D eigenvalue weighted by Crippen LogP contribution is 2.23. The largest absolute Gasteiger partial charge is 0.162 e. The SMILES string of the molecule is [2H]C1C=CC=CC1([2H])/C=C\C(CCCC)CCCSCCCC(/C=C\C1([2H])C=CC=CC1[2H])CCCC. The number of unbranched alkanes of at least 4 members (excludes halogenated alkanes) is 2. The first-order valence-electron chi connectivity index (χ1n) is 15.5. The van der Waals surface area contributed by atoms with Gasteiger partial charge in [-0.15, -0.1) is 0 Å². The summed E-state index contributed by atoms with van der Waals surface area (Å²) in [5, 5.41) is 0. The fourth-order valence-electron chi connectivity index (χ4n) is 4.23. The molecule has 0 aromatic heterocycles. The Hall–Kier alpha value is -1.21. The Labute approximate surface area is 216 Å². The zero-order valence-corrected chi connectivity index (χ0v) is 21.9. The van der Waals surface area contributed by atoms with Gasteiger partial charge in [-0.05, 0) is 86.4 Å². The summed E-state index contributed by atoms with van der Waals surface area (Å²) < 4.78 is 33.6. The van der Waals surface area contributed by atoms with Crippen molar-refractivity contribution in [3.63, 3.8) is 0 Å². The molecule has 2 aliphatic carbocycles. The van der Waals surface area contributed by atoms with Gasteiger partial charge in [0.1, 0.15) is 0 Å². The van der Waals surface area contributed by atoms with Crippen LogP contribution in [-0.4, -0.2) is 11.5 Å². The maximum Gasteiger partial charge on any atom is 0.0393 e. The Morgan fingerprint density at radius 3 is 1.64 bits per heavy atom. The highest BCUT2D eigenvalue weighted by Gasteiger charge is 2.09. The first-order chi connectivity index (χ1) is 17.8. The minimum atomic E-state index is -0.929. The molecule has 0 N–H and O–H groups in total. The van der Waals surface area contributed by atoms with Crippen molar-refractivity contribution in [2.45, 2.75) is 90.8 Å². The van der Waals surface area contributed by atoms with E-state index in [9.17, 15) is 0 Å². The third-order valence-electron chi connectivity index (χ3n) is 6.30. The standard InChI is InChI=1S/C32H50S/c1-3-5-15-29(23-25-31-17-9-7-10-18-31)21-13-27-33-28-14-22-30(16-6-4-2)24-26-32-19-11-8-12-20-32/h7-12,17,19,23-26,29-32H,3-6,13-16,18,20-22,27-28H2,1-2H3/b25-23-,26-24-/i18D,20D,31D,32D. The van der Waals surface area contributed by atoms with Crippen LogP contribution in [0.1, 0.15) is 96.3 Å². The van der Waals surface area contributed by atoms with E-state index in [4.69, 9.17) is 5.48 Å². The van der Waals surface area contributed by atoms with Crippen molar-refractivity contribution in [2.75, 3.05) is 11.5 Å². The molecule has 0 aromatic carbocycles. The van der Waals surface area contributed by atoms with Crippen LogP contribution >= 0.6 is 11.8 Å². The summed E-state index contributed by atoms with van der Waals surface area (Å²) in [7, 11) is 0. The van der Waals surface area contributed by atoms with Crippen LogP contribution in [0.5, 0.6) is 0 Å². The highest BCUT2D eigenvalue weighted by molar-refractivity contribution is 7.99. The van der Waals surface area contributed by atoms with Crippen molar-refractivity contribution in [2.24, 2.45) is 23.6 Å². The molecule has 184 valence electrons. The number of rotatable bonds is 18. The quantitative estimate of drug-likeness (QED) is 0.142. The van der Waals surface area contributed by atoms with Gasteiger partial charge in [0, 0.05) is 5.48 Å². The molecule has 0 heterocycles. The minimum absolute atomic E-state index is 0.500. The van der Waals surface area contributed by atoms with Crippen LogP contribution in [-0.2, 0) is 0 Å². The van der Waals surface area contributed by atoms with Gasteiger partial charge in [-0.2, -0.15) is 11.8 Å². The van der Waals surface area contributed by atoms with Crippen LogP contribution in [0.15, 0.2) is 72.9 Å². The molecule has 6 unspecified atom stereocenters. The zero-order chi connectivity index (χ0) is 27.0. The Morgan fingerprint density at radius 2 is 1.21 bits per heavy atom. The van der Waals surface area contributed by atoms with E-state index in [0.29, 0.717) is 11.8 Å². The summed E-state index contributed by atoms with van der Waals surface area (Å²) in [6.45, 7) is 4.47. The molecule has 6 atom stereocenters. The average molecular weight is 471 g/mol. The van der Waals surface area contributed by atoms with Crippen LogP contribution in [0.3, 0.4) is 0 Å². The summed E-state index contributed by atoms with van der Waals surface area (Å²) >= 11 is 2.05. The van der Waals surface area contributed by atoms with Crippen LogP contribution in [0.25, 0.3) is 0 Å². The number of hydrogen-bond acceptors (Lipinski definition) is 1. The molecular formula is C32H50S. The molecule has 0 amide bonds. The molecule has 0 aromatic rings. The third kappa shape index (κ3) is 13.9. The highest BCUT2D eigenvalue weighted by atomic mass is 32.2. The fourth-order valence-corrected chi connectivity index (χ4v) is 5.17. The van der Waals surface area contributed by atoms with E-state index >= 15 is 0 Å². The molecule has 2 aliphatic rings. The Morgan fingerprint density at radius 1 is 0.758 bits per heavy atom. The molecule has 0 nitrogen and oxygen atoms in total. The summed E-state index contributed by atoms with van der Waals surface area (Å²) in [6.07, 6.45) is 34.0. The van der Waals surface area contributed by atoms with Crippen molar-refractivity contribution in [1.82, 2.24) is 0 Å². The Kier molecular flexibility index (Phi) is 12.9. The van der Waals surface area contributed by atoms with Crippen molar-refractivity contribution in [3.8, 4) is 0 Å². The van der Waals surface area contributed by atoms with Crippen molar-refractivity contribution in [3.05, 3.63) is 72.9 Å². The molecule has 0 spiro atoms. The second kappa shape index (κ2) is 19.1. The predicted octanol–water partition coefficient (Wildman–Crippen LogP) is 10.3. The van der Waals surface area contributed by atoms with E-state index < -0.39 is 24.6 Å². The van der Waals surface area contributed by atoms with Gasteiger partial charge in [-0.25, -0.2) is 0 Å². The Bertz CT molecular complexity index is 748. The van der Waals surface area contributed by atoms with E-state index in [1.54, 1.807) is 12.2 Å². The van der Waals surface area contributed by atoms with Gasteiger partial charge >= 0.3 is 0 Å². The predicted molar refractivity (Wildman–Crippen MR) is 153 cm³/mol. The van der Waals surface area contributed by atoms with Gasteiger partial charge in [0.05, 0.1) is 0 Å². The second-order valence-electron chi connectivity index (χ2n) is 9.24. The van der Waals surface area contributed by atoms with E-state index in [0.717, 1.165) is 12.8 Å². The monoisotopic (exact) mass is 470 g/mol. The summed E-state index contributed by atoms with van der Waals surface area (Å²) in [6, 6.07) is 0. The lowest BCUT2D eigenvalue weighted by atomic mass is 9.93. The molecule has 0 saturated heterocycles. The van der Waals surface area contributed by atoms with Crippen LogP contribution in [0.2, 0.25) is 0 Å². The summed E-state index contributed by atoms with van der Waals surface area (Å²) in [4.78, 5) is 0. The fraction of sp³-hybridized carbons (Fsp3) is 0.625. The van der Waals surface area contributed by atoms with E-state index in [2.05, 4.69) is 37.8 Å². The topological polar surface area (TPSA) is 0 Å². The van der Waals surface area contributed by atoms with E-state index in [1.165, 1.54) is 62.9 Å². The smallest absolute Gasteiger partial charge is 0.0393 e. The second-order valence-corrected chi connectivity index (χ2v) is 10.5. The first-order valence-corrected chi connectivity index (χ1v) is 14.5. The van der Waals surface area contributed by atoms with E-state index in [1.807, 2.05) is 48.6 Å². The molecule has 0 radical (unpaired) electrons. The third-order valence-corrected chi connectivity index (χ3v) is 7.46. The summed E-state index contributed by atoms with van der Waals surface area (Å²) in [5.74, 6) is 1.49. The van der Waals surface area contributed by atoms with Gasteiger partial charge < -0.3 is 0 Å². The summed E-state index contributed by atoms with van der Waals surface area (Å²) in [5.41, 5.74) is 0. The maximum absolute atomic E-state index is 8.62. The lowest BCUT2D eigenvalue weighted by Gasteiger charge is -2.15. The lowest BCUT2D eigenvalue weighted by molar-refractivity contribution is 0.509. The minimum Gasteiger partial charge on any atom is -0.162 e. The van der Waals surface area contributed by atoms with Crippen LogP contribution < -0.4 is 0 Å². The molecule has 0 aliphatic heterocycles. The van der Waals surface area contributed by atoms with Gasteiger partial charge in [0.25, 0.3) is 0 Å². The van der Waals surface area contributed by atoms with Gasteiger partial charge in [0.2, 0.25) is 0 Å². The number of thioether (sulfide) groups is 1. The molecule has 2 rings (SSSR count). The van der Waals surface area contributed by atoms with Gasteiger partial charge in [0.15, 0.2) is 0 Å². The van der Waals surface area contributed by atoms with E-state index in [-0.39, 0.29) is 0 Å². The van der Waals surface area contributed by atoms with Crippen molar-refractivity contribution >= 4 is 11.8 Å². The average Bonchev–Trinajstić information content (AvgIpc) is 2.89. The molecule has 0 saturated carbocycles. The zero-order valence-electron chi connectivity index (χ0n) is 25.1. The van der Waals surface area contributed by atoms with Crippen molar-refractivity contribution < 1.29 is 5.48 Å². The molecule has 1 heteroatoms. The van der Waals surface area contributed by atoms with Crippen LogP contribution in [0.4, 0.5) is 0 Å². The maximum atomic E-state index is 8.62. The lowest BCUT2D eigenvalue weighted by Crippen LogP contribution is -2.01. The molecule has 0 bridgehead atoms. The molecule has 33 heavy (non-hydrogen) atoms. The normalized spacial score (nSPS) is 32.7. The molecule has 0 fully saturated rings. The number of hydrogen-bond donors (Lipinski definition) is 0. The van der Waals surface area contributed by atoms with Gasteiger partial charge in [-0.1, -0.05) is 112 Å². The van der Waals surface area contributed by atoms with Crippen LogP contribution in [0, 0.1) is 23.6 Å². The van der Waals surface area contributed by atoms with Gasteiger partial charge in [-0.3, -0.25) is 0 Å². The van der Waals surface area contributed by atoms with Crippen molar-refractivity contribution in [1.29, 1.82) is 0 Å².